The minimum Gasteiger partial charge on any atom is -0.455 e. The maximum absolute atomic E-state index is 6.05. The molecule has 1 aromatic carbocycles. The van der Waals surface area contributed by atoms with Crippen LogP contribution in [0, 0.1) is 0 Å². The van der Waals surface area contributed by atoms with Crippen LogP contribution in [0.5, 0.6) is 0 Å². The van der Waals surface area contributed by atoms with E-state index in [1.807, 2.05) is 6.07 Å². The van der Waals surface area contributed by atoms with E-state index in [0.29, 0.717) is 0 Å². The Morgan fingerprint density at radius 3 is 2.27 bits per heavy atom. The Morgan fingerprint density at radius 1 is 1.13 bits per heavy atom. The summed E-state index contributed by atoms with van der Waals surface area (Å²) in [5.74, 6) is 0. The Bertz CT molecular complexity index is 318. The third-order valence-electron chi connectivity index (χ3n) is 2.02. The molecule has 0 N–H and O–H groups in total. The summed E-state index contributed by atoms with van der Waals surface area (Å²) in [6, 6.07) is 10.4. The second-order valence-electron chi connectivity index (χ2n) is 4.51. The first-order valence-corrected chi connectivity index (χ1v) is 11.2. The van der Waals surface area contributed by atoms with Gasteiger partial charge in [0.15, 0.2) is 17.4 Å². The highest BCUT2D eigenvalue weighted by atomic mass is 28.4. The summed E-state index contributed by atoms with van der Waals surface area (Å²) in [5, 5.41) is 0. The fourth-order valence-corrected chi connectivity index (χ4v) is 7.28. The number of hydrogen-bond donors (Lipinski definition) is 0. The third kappa shape index (κ3) is 5.11. The molecule has 0 aliphatic rings. The lowest BCUT2D eigenvalue weighted by Crippen LogP contribution is -2.33. The van der Waals surface area contributed by atoms with Gasteiger partial charge in [0.2, 0.25) is 0 Å². The van der Waals surface area contributed by atoms with Crippen LogP contribution < -0.4 is 0 Å². The Morgan fingerprint density at radius 2 is 1.73 bits per heavy atom. The maximum atomic E-state index is 6.05. The number of rotatable bonds is 4. The molecule has 0 spiro atoms. The molecule has 0 amide bonds. The van der Waals surface area contributed by atoms with E-state index in [1.54, 1.807) is 0 Å². The molecule has 0 saturated heterocycles. The lowest BCUT2D eigenvalue weighted by atomic mass is 10.2. The van der Waals surface area contributed by atoms with Crippen molar-refractivity contribution in [3.8, 4) is 0 Å². The molecule has 0 bridgehead atoms. The molecule has 0 aliphatic carbocycles. The van der Waals surface area contributed by atoms with Gasteiger partial charge in [-0.15, -0.1) is 0 Å². The molecule has 0 aromatic heterocycles. The molecule has 0 aliphatic heterocycles. The highest BCUT2D eigenvalue weighted by Crippen LogP contribution is 2.11. The van der Waals surface area contributed by atoms with Crippen LogP contribution in [0.1, 0.15) is 5.56 Å². The fraction of sp³-hybridized carbons (Fsp3) is 0.333. The Hall–Kier alpha value is -0.646. The van der Waals surface area contributed by atoms with Crippen molar-refractivity contribution >= 4 is 23.4 Å². The van der Waals surface area contributed by atoms with Crippen LogP contribution in [-0.4, -0.2) is 17.4 Å². The highest BCUT2D eigenvalue weighted by Gasteiger charge is 2.19. The molecule has 0 atom stereocenters. The monoisotopic (exact) mass is 236 g/mol. The van der Waals surface area contributed by atoms with Gasteiger partial charge in [-0.1, -0.05) is 42.1 Å². The van der Waals surface area contributed by atoms with Gasteiger partial charge in [0.1, 0.15) is 0 Å². The first-order chi connectivity index (χ1) is 6.99. The molecule has 0 fully saturated rings. The highest BCUT2D eigenvalue weighted by molar-refractivity contribution is 6.82. The molecule has 0 unspecified atom stereocenters. The SMILES string of the molecule is C[SiH](C)O[Si](C)(C)C=Cc1ccccc1. The van der Waals surface area contributed by atoms with Gasteiger partial charge in [0.05, 0.1) is 0 Å². The second kappa shape index (κ2) is 5.44. The zero-order valence-electron chi connectivity index (χ0n) is 10.0. The Kier molecular flexibility index (Phi) is 4.51. The van der Waals surface area contributed by atoms with E-state index in [-0.39, 0.29) is 0 Å². The topological polar surface area (TPSA) is 9.23 Å². The normalized spacial score (nSPS) is 12.6. The van der Waals surface area contributed by atoms with Crippen molar-refractivity contribution in [1.82, 2.24) is 0 Å². The number of hydrogen-bond acceptors (Lipinski definition) is 1. The summed E-state index contributed by atoms with van der Waals surface area (Å²) in [6.45, 7) is 8.95. The van der Waals surface area contributed by atoms with Crippen LogP contribution >= 0.6 is 0 Å². The lowest BCUT2D eigenvalue weighted by Gasteiger charge is -2.21. The summed E-state index contributed by atoms with van der Waals surface area (Å²) >= 11 is 0. The zero-order valence-corrected chi connectivity index (χ0v) is 12.2. The van der Waals surface area contributed by atoms with Crippen molar-refractivity contribution in [3.63, 3.8) is 0 Å². The van der Waals surface area contributed by atoms with Gasteiger partial charge in [-0.3, -0.25) is 0 Å². The summed E-state index contributed by atoms with van der Waals surface area (Å²) in [5.41, 5.74) is 3.53. The van der Waals surface area contributed by atoms with E-state index in [0.717, 1.165) is 0 Å². The summed E-state index contributed by atoms with van der Waals surface area (Å²) in [6.07, 6.45) is 2.18. The first-order valence-electron chi connectivity index (χ1n) is 5.42. The Labute approximate surface area is 95.7 Å². The van der Waals surface area contributed by atoms with Crippen molar-refractivity contribution in [1.29, 1.82) is 0 Å². The van der Waals surface area contributed by atoms with Crippen molar-refractivity contribution in [2.24, 2.45) is 0 Å². The van der Waals surface area contributed by atoms with Gasteiger partial charge in [-0.2, -0.15) is 0 Å². The standard InChI is InChI=1S/C12H20OSi2/c1-14(2)13-15(3,4)11-10-12-8-6-5-7-9-12/h5-11,14H,1-4H3. The molecule has 0 saturated carbocycles. The van der Waals surface area contributed by atoms with Crippen LogP contribution in [0.25, 0.3) is 6.08 Å². The van der Waals surface area contributed by atoms with E-state index in [9.17, 15) is 0 Å². The fourth-order valence-electron chi connectivity index (χ4n) is 1.51. The molecular weight excluding hydrogens is 216 g/mol. The van der Waals surface area contributed by atoms with Crippen molar-refractivity contribution in [2.45, 2.75) is 26.2 Å². The molecule has 82 valence electrons. The van der Waals surface area contributed by atoms with E-state index in [4.69, 9.17) is 4.12 Å². The van der Waals surface area contributed by atoms with Crippen LogP contribution in [0.3, 0.4) is 0 Å². The molecule has 1 rings (SSSR count). The lowest BCUT2D eigenvalue weighted by molar-refractivity contribution is 0.589. The maximum Gasteiger partial charge on any atom is 0.198 e. The van der Waals surface area contributed by atoms with E-state index in [1.165, 1.54) is 5.56 Å². The van der Waals surface area contributed by atoms with Gasteiger partial charge in [0, 0.05) is 0 Å². The quantitative estimate of drug-likeness (QED) is 0.728. The van der Waals surface area contributed by atoms with Gasteiger partial charge >= 0.3 is 0 Å². The van der Waals surface area contributed by atoms with Gasteiger partial charge in [-0.05, 0) is 31.8 Å². The Balaban J connectivity index is 2.64. The van der Waals surface area contributed by atoms with E-state index in [2.05, 4.69) is 62.2 Å². The molecular formula is C12H20OSi2. The molecule has 0 radical (unpaired) electrons. The molecule has 1 nitrogen and oxygen atoms in total. The van der Waals surface area contributed by atoms with Crippen LogP contribution in [0.2, 0.25) is 26.2 Å². The summed E-state index contributed by atoms with van der Waals surface area (Å²) < 4.78 is 6.05. The molecule has 1 aromatic rings. The van der Waals surface area contributed by atoms with Gasteiger partial charge in [0.25, 0.3) is 0 Å². The van der Waals surface area contributed by atoms with Crippen LogP contribution in [0.15, 0.2) is 36.0 Å². The average Bonchev–Trinajstić information content (AvgIpc) is 2.15. The molecule has 0 heterocycles. The first kappa shape index (κ1) is 12.4. The largest absolute Gasteiger partial charge is 0.455 e. The smallest absolute Gasteiger partial charge is 0.198 e. The third-order valence-corrected chi connectivity index (χ3v) is 7.30. The minimum absolute atomic E-state index is 0.911. The minimum atomic E-state index is -1.57. The van der Waals surface area contributed by atoms with E-state index < -0.39 is 17.4 Å². The van der Waals surface area contributed by atoms with Crippen LogP contribution in [-0.2, 0) is 4.12 Å². The predicted octanol–water partition coefficient (Wildman–Crippen LogP) is 3.44. The summed E-state index contributed by atoms with van der Waals surface area (Å²) in [7, 11) is -2.48. The zero-order chi connectivity index (χ0) is 11.3. The van der Waals surface area contributed by atoms with Gasteiger partial charge in [-0.25, -0.2) is 0 Å². The van der Waals surface area contributed by atoms with Crippen molar-refractivity contribution in [3.05, 3.63) is 41.6 Å². The molecule has 15 heavy (non-hydrogen) atoms. The summed E-state index contributed by atoms with van der Waals surface area (Å²) in [4.78, 5) is 0. The van der Waals surface area contributed by atoms with Crippen molar-refractivity contribution < 1.29 is 4.12 Å². The second-order valence-corrected chi connectivity index (χ2v) is 11.1. The molecule has 3 heteroatoms. The predicted molar refractivity (Wildman–Crippen MR) is 72.9 cm³/mol. The van der Waals surface area contributed by atoms with Crippen LogP contribution in [0.4, 0.5) is 0 Å². The van der Waals surface area contributed by atoms with Crippen molar-refractivity contribution in [2.75, 3.05) is 0 Å². The average molecular weight is 236 g/mol. The van der Waals surface area contributed by atoms with Gasteiger partial charge < -0.3 is 4.12 Å². The van der Waals surface area contributed by atoms with E-state index >= 15 is 0 Å². The number of benzene rings is 1.